The summed E-state index contributed by atoms with van der Waals surface area (Å²) in [5.41, 5.74) is 5.23. The summed E-state index contributed by atoms with van der Waals surface area (Å²) in [6, 6.07) is 0. The van der Waals surface area contributed by atoms with Gasteiger partial charge in [0.2, 0.25) is 5.91 Å². The molecule has 0 bridgehead atoms. The smallest absolute Gasteiger partial charge is 0.281 e. The van der Waals surface area contributed by atoms with Crippen LogP contribution in [0.2, 0.25) is 0 Å². The molecular weight excluding hydrogens is 254 g/mol. The van der Waals surface area contributed by atoms with Gasteiger partial charge in [-0.1, -0.05) is 13.3 Å². The number of hydrogen-bond acceptors (Lipinski definition) is 3. The summed E-state index contributed by atoms with van der Waals surface area (Å²) in [4.78, 5) is 11.0. The van der Waals surface area contributed by atoms with Crippen LogP contribution in [0.15, 0.2) is 0 Å². The van der Waals surface area contributed by atoms with Crippen LogP contribution in [-0.4, -0.2) is 49.6 Å². The van der Waals surface area contributed by atoms with Crippen LogP contribution in [0.3, 0.4) is 0 Å². The van der Waals surface area contributed by atoms with Gasteiger partial charge in [-0.3, -0.25) is 4.79 Å². The van der Waals surface area contributed by atoms with Gasteiger partial charge in [0.05, 0.1) is 0 Å². The van der Waals surface area contributed by atoms with Crippen molar-refractivity contribution in [1.82, 2.24) is 8.61 Å². The third kappa shape index (κ3) is 3.66. The lowest BCUT2D eigenvalue weighted by atomic mass is 9.98. The van der Waals surface area contributed by atoms with Crippen molar-refractivity contribution in [2.75, 3.05) is 26.7 Å². The van der Waals surface area contributed by atoms with Gasteiger partial charge in [-0.15, -0.1) is 0 Å². The van der Waals surface area contributed by atoms with Gasteiger partial charge >= 0.3 is 0 Å². The normalized spacial score (nSPS) is 19.3. The van der Waals surface area contributed by atoms with Crippen molar-refractivity contribution in [3.05, 3.63) is 0 Å². The van der Waals surface area contributed by atoms with E-state index in [1.165, 1.54) is 8.61 Å². The lowest BCUT2D eigenvalue weighted by Crippen LogP contribution is -2.47. The molecular formula is C11H23N3O3S. The first-order valence-electron chi connectivity index (χ1n) is 6.40. The topological polar surface area (TPSA) is 83.7 Å². The molecule has 0 aromatic carbocycles. The molecule has 0 aliphatic carbocycles. The Morgan fingerprint density at radius 3 is 2.39 bits per heavy atom. The van der Waals surface area contributed by atoms with E-state index < -0.39 is 10.2 Å². The number of unbranched alkanes of at least 4 members (excludes halogenated alkanes) is 1. The quantitative estimate of drug-likeness (QED) is 0.750. The van der Waals surface area contributed by atoms with E-state index in [-0.39, 0.29) is 11.8 Å². The zero-order valence-corrected chi connectivity index (χ0v) is 11.9. The molecule has 1 aliphatic rings. The summed E-state index contributed by atoms with van der Waals surface area (Å²) in [6.45, 7) is 3.33. The van der Waals surface area contributed by atoms with Gasteiger partial charge in [0.15, 0.2) is 0 Å². The highest BCUT2D eigenvalue weighted by Crippen LogP contribution is 2.20. The fourth-order valence-electron chi connectivity index (χ4n) is 2.06. The molecule has 0 unspecified atom stereocenters. The summed E-state index contributed by atoms with van der Waals surface area (Å²) in [7, 11) is -1.77. The molecule has 2 N–H and O–H groups in total. The number of carbonyl (C=O) groups excluding carboxylic acids is 1. The number of piperidine rings is 1. The third-order valence-corrected chi connectivity index (χ3v) is 5.39. The van der Waals surface area contributed by atoms with Crippen molar-refractivity contribution >= 4 is 16.1 Å². The average molecular weight is 277 g/mol. The lowest BCUT2D eigenvalue weighted by molar-refractivity contribution is -0.122. The van der Waals surface area contributed by atoms with Crippen LogP contribution >= 0.6 is 0 Å². The Morgan fingerprint density at radius 1 is 1.39 bits per heavy atom. The number of amides is 1. The first kappa shape index (κ1) is 15.4. The number of primary amides is 1. The Kier molecular flexibility index (Phi) is 5.55. The van der Waals surface area contributed by atoms with Gasteiger partial charge in [0.1, 0.15) is 0 Å². The first-order chi connectivity index (χ1) is 8.39. The third-order valence-electron chi connectivity index (χ3n) is 3.40. The van der Waals surface area contributed by atoms with E-state index in [0.717, 1.165) is 12.8 Å². The second-order valence-electron chi connectivity index (χ2n) is 4.76. The summed E-state index contributed by atoms with van der Waals surface area (Å²) >= 11 is 0. The van der Waals surface area contributed by atoms with E-state index in [2.05, 4.69) is 0 Å². The van der Waals surface area contributed by atoms with Crippen molar-refractivity contribution in [3.63, 3.8) is 0 Å². The SMILES string of the molecule is CCCCN(C)S(=O)(=O)N1CCC(C(N)=O)CC1. The van der Waals surface area contributed by atoms with Gasteiger partial charge in [-0.2, -0.15) is 17.0 Å². The molecule has 1 aliphatic heterocycles. The maximum absolute atomic E-state index is 12.2. The molecule has 0 atom stereocenters. The molecule has 1 heterocycles. The Balaban J connectivity index is 2.57. The van der Waals surface area contributed by atoms with E-state index in [0.29, 0.717) is 32.5 Å². The summed E-state index contributed by atoms with van der Waals surface area (Å²) in [5.74, 6) is -0.510. The fraction of sp³-hybridized carbons (Fsp3) is 0.909. The van der Waals surface area contributed by atoms with E-state index in [1.807, 2.05) is 6.92 Å². The highest BCUT2D eigenvalue weighted by molar-refractivity contribution is 7.86. The van der Waals surface area contributed by atoms with Gasteiger partial charge < -0.3 is 5.73 Å². The van der Waals surface area contributed by atoms with E-state index in [1.54, 1.807) is 7.05 Å². The van der Waals surface area contributed by atoms with Crippen LogP contribution in [0.25, 0.3) is 0 Å². The number of carbonyl (C=O) groups is 1. The van der Waals surface area contributed by atoms with Gasteiger partial charge in [0, 0.05) is 32.6 Å². The minimum absolute atomic E-state index is 0.183. The van der Waals surface area contributed by atoms with E-state index >= 15 is 0 Å². The second kappa shape index (κ2) is 6.49. The molecule has 1 amide bonds. The average Bonchev–Trinajstić information content (AvgIpc) is 2.35. The van der Waals surface area contributed by atoms with Gasteiger partial charge in [-0.25, -0.2) is 0 Å². The van der Waals surface area contributed by atoms with Crippen molar-refractivity contribution in [2.24, 2.45) is 11.7 Å². The highest BCUT2D eigenvalue weighted by Gasteiger charge is 2.32. The van der Waals surface area contributed by atoms with Crippen molar-refractivity contribution in [2.45, 2.75) is 32.6 Å². The summed E-state index contributed by atoms with van der Waals surface area (Å²) in [5, 5.41) is 0. The van der Waals surface area contributed by atoms with Crippen LogP contribution in [0.4, 0.5) is 0 Å². The van der Waals surface area contributed by atoms with Crippen LogP contribution < -0.4 is 5.73 Å². The number of hydrogen-bond donors (Lipinski definition) is 1. The Hall–Kier alpha value is -0.660. The zero-order valence-electron chi connectivity index (χ0n) is 11.1. The molecule has 6 nitrogen and oxygen atoms in total. The predicted octanol–water partition coefficient (Wildman–Crippen LogP) is 0.160. The van der Waals surface area contributed by atoms with Crippen molar-refractivity contribution in [3.8, 4) is 0 Å². The van der Waals surface area contributed by atoms with Crippen LogP contribution in [0, 0.1) is 5.92 Å². The molecule has 1 rings (SSSR count). The summed E-state index contributed by atoms with van der Waals surface area (Å²) in [6.07, 6.45) is 2.86. The maximum atomic E-state index is 12.2. The molecule has 1 fully saturated rings. The van der Waals surface area contributed by atoms with Gasteiger partial charge in [0.25, 0.3) is 10.2 Å². The molecule has 0 aromatic heterocycles. The molecule has 0 aromatic rings. The van der Waals surface area contributed by atoms with Crippen molar-refractivity contribution < 1.29 is 13.2 Å². The lowest BCUT2D eigenvalue weighted by Gasteiger charge is -2.32. The monoisotopic (exact) mass is 277 g/mol. The maximum Gasteiger partial charge on any atom is 0.281 e. The molecule has 18 heavy (non-hydrogen) atoms. The number of rotatable bonds is 6. The van der Waals surface area contributed by atoms with Gasteiger partial charge in [-0.05, 0) is 19.3 Å². The molecule has 0 spiro atoms. The van der Waals surface area contributed by atoms with Crippen molar-refractivity contribution in [1.29, 1.82) is 0 Å². The fourth-order valence-corrected chi connectivity index (χ4v) is 3.49. The molecule has 0 radical (unpaired) electrons. The minimum atomic E-state index is -3.37. The first-order valence-corrected chi connectivity index (χ1v) is 7.80. The predicted molar refractivity (Wildman–Crippen MR) is 69.9 cm³/mol. The molecule has 0 saturated carbocycles. The largest absolute Gasteiger partial charge is 0.369 e. The van der Waals surface area contributed by atoms with E-state index in [4.69, 9.17) is 5.73 Å². The second-order valence-corrected chi connectivity index (χ2v) is 6.79. The molecule has 1 saturated heterocycles. The summed E-state index contributed by atoms with van der Waals surface area (Å²) < 4.78 is 27.2. The molecule has 106 valence electrons. The standard InChI is InChI=1S/C11H23N3O3S/c1-3-4-7-13(2)18(16,17)14-8-5-10(6-9-14)11(12)15/h10H,3-9H2,1-2H3,(H2,12,15). The van der Waals surface area contributed by atoms with Crippen LogP contribution in [-0.2, 0) is 15.0 Å². The van der Waals surface area contributed by atoms with E-state index in [9.17, 15) is 13.2 Å². The Morgan fingerprint density at radius 2 is 1.94 bits per heavy atom. The zero-order chi connectivity index (χ0) is 13.8. The number of nitrogens with two attached hydrogens (primary N) is 1. The van der Waals surface area contributed by atoms with Crippen LogP contribution in [0.5, 0.6) is 0 Å². The Labute approximate surface area is 109 Å². The minimum Gasteiger partial charge on any atom is -0.369 e. The Bertz CT molecular complexity index is 375. The highest BCUT2D eigenvalue weighted by atomic mass is 32.2. The molecule has 7 heteroatoms. The van der Waals surface area contributed by atoms with Crippen LogP contribution in [0.1, 0.15) is 32.6 Å². The number of nitrogens with zero attached hydrogens (tertiary/aromatic N) is 2.